The third-order valence-corrected chi connectivity index (χ3v) is 4.37. The van der Waals surface area contributed by atoms with E-state index in [9.17, 15) is 0 Å². The van der Waals surface area contributed by atoms with Crippen molar-refractivity contribution in [1.29, 1.82) is 0 Å². The van der Waals surface area contributed by atoms with Crippen LogP contribution in [0.3, 0.4) is 0 Å². The van der Waals surface area contributed by atoms with E-state index in [2.05, 4.69) is 22.2 Å². The van der Waals surface area contributed by atoms with Crippen molar-refractivity contribution in [2.45, 2.75) is 32.7 Å². The number of likely N-dealkylation sites (tertiary alicyclic amines) is 1. The lowest BCUT2D eigenvalue weighted by Crippen LogP contribution is -2.34. The molecule has 2 heterocycles. The summed E-state index contributed by atoms with van der Waals surface area (Å²) in [5.41, 5.74) is 2.32. The maximum Gasteiger partial charge on any atom is 0.216 e. The van der Waals surface area contributed by atoms with Gasteiger partial charge < -0.3 is 10.1 Å². The van der Waals surface area contributed by atoms with Gasteiger partial charge in [-0.15, -0.1) is 12.4 Å². The minimum Gasteiger partial charge on any atom is -0.481 e. The summed E-state index contributed by atoms with van der Waals surface area (Å²) in [5, 5.41) is 7.71. The Balaban J connectivity index is 0.00000220. The second-order valence-electron chi connectivity index (χ2n) is 5.81. The molecule has 5 nitrogen and oxygen atoms in total. The average Bonchev–Trinajstić information content (AvgIpc) is 2.72. The molecule has 1 N–H and O–H groups in total. The molecule has 1 aromatic rings. The number of hydrogen-bond acceptors (Lipinski definition) is 4. The summed E-state index contributed by atoms with van der Waals surface area (Å²) < 4.78 is 7.32. The van der Waals surface area contributed by atoms with E-state index in [1.54, 1.807) is 7.11 Å². The molecule has 0 aromatic carbocycles. The molecule has 0 atom stereocenters. The SMILES string of the molecule is CNCCC1CCN(Cc2c(C)nn(C)c2OC)CC1.Cl. The van der Waals surface area contributed by atoms with Crippen LogP contribution in [0.15, 0.2) is 0 Å². The predicted molar refractivity (Wildman–Crippen MR) is 88.3 cm³/mol. The van der Waals surface area contributed by atoms with Crippen LogP contribution < -0.4 is 10.1 Å². The molecule has 0 bridgehead atoms. The maximum atomic E-state index is 5.48. The Labute approximate surface area is 134 Å². The summed E-state index contributed by atoms with van der Waals surface area (Å²) in [6, 6.07) is 0. The van der Waals surface area contributed by atoms with E-state index >= 15 is 0 Å². The van der Waals surface area contributed by atoms with Crippen molar-refractivity contribution in [3.05, 3.63) is 11.3 Å². The highest BCUT2D eigenvalue weighted by atomic mass is 35.5. The Kier molecular flexibility index (Phi) is 7.49. The number of ether oxygens (including phenoxy) is 1. The van der Waals surface area contributed by atoms with Gasteiger partial charge in [-0.3, -0.25) is 4.90 Å². The molecule has 122 valence electrons. The summed E-state index contributed by atoms with van der Waals surface area (Å²) in [6.07, 6.45) is 3.92. The summed E-state index contributed by atoms with van der Waals surface area (Å²) in [5.74, 6) is 1.79. The monoisotopic (exact) mass is 316 g/mol. The van der Waals surface area contributed by atoms with Gasteiger partial charge in [-0.05, 0) is 58.8 Å². The van der Waals surface area contributed by atoms with Crippen molar-refractivity contribution in [1.82, 2.24) is 20.0 Å². The number of rotatable bonds is 6. The summed E-state index contributed by atoms with van der Waals surface area (Å²) >= 11 is 0. The molecule has 1 aromatic heterocycles. The number of halogens is 1. The van der Waals surface area contributed by atoms with Gasteiger partial charge in [0, 0.05) is 13.6 Å². The molecule has 0 spiro atoms. The number of aromatic nitrogens is 2. The fourth-order valence-corrected chi connectivity index (χ4v) is 3.12. The quantitative estimate of drug-likeness (QED) is 0.871. The van der Waals surface area contributed by atoms with E-state index in [1.165, 1.54) is 37.9 Å². The van der Waals surface area contributed by atoms with Gasteiger partial charge in [-0.25, -0.2) is 4.68 Å². The Morgan fingerprint density at radius 1 is 1.33 bits per heavy atom. The van der Waals surface area contributed by atoms with E-state index in [-0.39, 0.29) is 12.4 Å². The molecule has 0 unspecified atom stereocenters. The molecule has 1 fully saturated rings. The predicted octanol–water partition coefficient (Wildman–Crippen LogP) is 1.98. The molecule has 1 saturated heterocycles. The fraction of sp³-hybridized carbons (Fsp3) is 0.800. The largest absolute Gasteiger partial charge is 0.481 e. The van der Waals surface area contributed by atoms with Gasteiger partial charge in [0.15, 0.2) is 0 Å². The van der Waals surface area contributed by atoms with E-state index < -0.39 is 0 Å². The van der Waals surface area contributed by atoms with Crippen LogP contribution in [-0.2, 0) is 13.6 Å². The van der Waals surface area contributed by atoms with Crippen molar-refractivity contribution in [3.8, 4) is 5.88 Å². The fourth-order valence-electron chi connectivity index (χ4n) is 3.12. The zero-order valence-corrected chi connectivity index (χ0v) is 14.5. The van der Waals surface area contributed by atoms with Crippen LogP contribution >= 0.6 is 12.4 Å². The standard InChI is InChI=1S/C15H28N4O.ClH/c1-12-14(15(20-4)18(3)17-12)11-19-9-6-13(7-10-19)5-8-16-2;/h13,16H,5-11H2,1-4H3;1H. The van der Waals surface area contributed by atoms with Crippen LogP contribution in [0, 0.1) is 12.8 Å². The van der Waals surface area contributed by atoms with Crippen molar-refractivity contribution in [2.24, 2.45) is 13.0 Å². The minimum atomic E-state index is 0. The highest BCUT2D eigenvalue weighted by Gasteiger charge is 2.22. The van der Waals surface area contributed by atoms with Crippen molar-refractivity contribution >= 4 is 12.4 Å². The van der Waals surface area contributed by atoms with Gasteiger partial charge in [0.1, 0.15) is 0 Å². The molecule has 6 heteroatoms. The third-order valence-electron chi connectivity index (χ3n) is 4.37. The normalized spacial score (nSPS) is 16.8. The van der Waals surface area contributed by atoms with Gasteiger partial charge in [-0.2, -0.15) is 5.10 Å². The molecule has 21 heavy (non-hydrogen) atoms. The molecule has 0 amide bonds. The van der Waals surface area contributed by atoms with E-state index in [0.717, 1.165) is 30.6 Å². The highest BCUT2D eigenvalue weighted by molar-refractivity contribution is 5.85. The second kappa shape index (κ2) is 8.61. The first-order valence-electron chi connectivity index (χ1n) is 7.59. The Morgan fingerprint density at radius 2 is 2.00 bits per heavy atom. The lowest BCUT2D eigenvalue weighted by molar-refractivity contribution is 0.170. The lowest BCUT2D eigenvalue weighted by atomic mass is 9.93. The molecule has 1 aliphatic rings. The van der Waals surface area contributed by atoms with E-state index in [4.69, 9.17) is 4.74 Å². The Morgan fingerprint density at radius 3 is 2.57 bits per heavy atom. The van der Waals surface area contributed by atoms with Crippen LogP contribution in [0.5, 0.6) is 5.88 Å². The summed E-state index contributed by atoms with van der Waals surface area (Å²) in [6.45, 7) is 6.54. The number of methoxy groups -OCH3 is 1. The van der Waals surface area contributed by atoms with Crippen LogP contribution in [0.4, 0.5) is 0 Å². The van der Waals surface area contributed by atoms with Crippen molar-refractivity contribution < 1.29 is 4.74 Å². The minimum absolute atomic E-state index is 0. The van der Waals surface area contributed by atoms with Crippen LogP contribution in [-0.4, -0.2) is 48.5 Å². The van der Waals surface area contributed by atoms with Crippen LogP contribution in [0.25, 0.3) is 0 Å². The zero-order valence-electron chi connectivity index (χ0n) is 13.7. The first-order valence-corrected chi connectivity index (χ1v) is 7.59. The van der Waals surface area contributed by atoms with E-state index in [1.807, 2.05) is 18.8 Å². The topological polar surface area (TPSA) is 42.3 Å². The molecular weight excluding hydrogens is 288 g/mol. The summed E-state index contributed by atoms with van der Waals surface area (Å²) in [7, 11) is 5.70. The Hall–Kier alpha value is -0.780. The molecular formula is C15H29ClN4O. The summed E-state index contributed by atoms with van der Waals surface area (Å²) in [4.78, 5) is 2.53. The van der Waals surface area contributed by atoms with Gasteiger partial charge in [-0.1, -0.05) is 0 Å². The zero-order chi connectivity index (χ0) is 14.5. The first kappa shape index (κ1) is 18.3. The third kappa shape index (κ3) is 4.59. The molecule has 0 aliphatic carbocycles. The number of aryl methyl sites for hydroxylation is 2. The van der Waals surface area contributed by atoms with Crippen molar-refractivity contribution in [3.63, 3.8) is 0 Å². The molecule has 1 aliphatic heterocycles. The van der Waals surface area contributed by atoms with E-state index in [0.29, 0.717) is 0 Å². The second-order valence-corrected chi connectivity index (χ2v) is 5.81. The van der Waals surface area contributed by atoms with Crippen LogP contribution in [0.2, 0.25) is 0 Å². The average molecular weight is 317 g/mol. The van der Waals surface area contributed by atoms with Gasteiger partial charge >= 0.3 is 0 Å². The lowest BCUT2D eigenvalue weighted by Gasteiger charge is -2.32. The number of nitrogens with one attached hydrogen (secondary N) is 1. The maximum absolute atomic E-state index is 5.48. The number of hydrogen-bond donors (Lipinski definition) is 1. The van der Waals surface area contributed by atoms with Gasteiger partial charge in [0.05, 0.1) is 18.4 Å². The smallest absolute Gasteiger partial charge is 0.216 e. The van der Waals surface area contributed by atoms with Crippen LogP contribution in [0.1, 0.15) is 30.5 Å². The number of nitrogens with zero attached hydrogens (tertiary/aromatic N) is 3. The highest BCUT2D eigenvalue weighted by Crippen LogP contribution is 2.26. The van der Waals surface area contributed by atoms with Gasteiger partial charge in [0.2, 0.25) is 5.88 Å². The molecule has 0 radical (unpaired) electrons. The van der Waals surface area contributed by atoms with Gasteiger partial charge in [0.25, 0.3) is 0 Å². The first-order chi connectivity index (χ1) is 9.65. The molecule has 2 rings (SSSR count). The van der Waals surface area contributed by atoms with Crippen molar-refractivity contribution in [2.75, 3.05) is 33.8 Å². The Bertz CT molecular complexity index is 428. The number of piperidine rings is 1. The molecule has 0 saturated carbocycles.